The molecule has 1 amide bonds. The van der Waals surface area contributed by atoms with Crippen molar-refractivity contribution in [2.75, 3.05) is 11.0 Å². The Hall–Kier alpha value is -2.46. The van der Waals surface area contributed by atoms with E-state index in [1.165, 1.54) is 48.7 Å². The van der Waals surface area contributed by atoms with Crippen molar-refractivity contribution in [1.29, 1.82) is 0 Å². The summed E-state index contributed by atoms with van der Waals surface area (Å²) in [5.41, 5.74) is 0.599. The molecule has 31 heavy (non-hydrogen) atoms. The summed E-state index contributed by atoms with van der Waals surface area (Å²) in [5.74, 6) is -1.04. The number of halogens is 1. The van der Waals surface area contributed by atoms with Gasteiger partial charge in [0, 0.05) is 29.6 Å². The smallest absolute Gasteiger partial charge is 0.264 e. The third-order valence-electron chi connectivity index (χ3n) is 6.04. The van der Waals surface area contributed by atoms with Crippen LogP contribution in [-0.4, -0.2) is 51.2 Å². The van der Waals surface area contributed by atoms with Gasteiger partial charge in [0.25, 0.3) is 15.9 Å². The topological polar surface area (TPSA) is 101 Å². The molecule has 2 unspecified atom stereocenters. The maximum absolute atomic E-state index is 13.8. The summed E-state index contributed by atoms with van der Waals surface area (Å²) < 4.78 is 64.9. The SMILES string of the molecule is CS(=O)(=O)C1CC2CCC(C1)N2C(=O)c1ccc(NS(=O)(=O)c2ccccc2F)cc1. The molecule has 166 valence electrons. The van der Waals surface area contributed by atoms with E-state index in [9.17, 15) is 26.0 Å². The quantitative estimate of drug-likeness (QED) is 0.730. The predicted octanol–water partition coefficient (Wildman–Crippen LogP) is 2.81. The second-order valence-electron chi connectivity index (χ2n) is 8.13. The van der Waals surface area contributed by atoms with Gasteiger partial charge in [-0.2, -0.15) is 0 Å². The van der Waals surface area contributed by atoms with E-state index < -0.39 is 35.8 Å². The molecule has 10 heteroatoms. The van der Waals surface area contributed by atoms with Crippen molar-refractivity contribution in [3.8, 4) is 0 Å². The highest BCUT2D eigenvalue weighted by molar-refractivity contribution is 7.92. The van der Waals surface area contributed by atoms with Gasteiger partial charge in [-0.3, -0.25) is 9.52 Å². The van der Waals surface area contributed by atoms with Crippen molar-refractivity contribution in [3.05, 3.63) is 59.9 Å². The molecule has 0 aliphatic carbocycles. The van der Waals surface area contributed by atoms with Crippen LogP contribution in [0.2, 0.25) is 0 Å². The number of nitrogens with one attached hydrogen (secondary N) is 1. The molecule has 2 atom stereocenters. The largest absolute Gasteiger partial charge is 0.333 e. The number of amides is 1. The lowest BCUT2D eigenvalue weighted by molar-refractivity contribution is 0.0598. The molecule has 2 aliphatic heterocycles. The maximum Gasteiger partial charge on any atom is 0.264 e. The fraction of sp³-hybridized carbons (Fsp3) is 0.381. The first-order valence-corrected chi connectivity index (χ1v) is 13.4. The number of nitrogens with zero attached hydrogens (tertiary/aromatic N) is 1. The Balaban J connectivity index is 1.49. The maximum atomic E-state index is 13.8. The molecule has 2 fully saturated rings. The normalized spacial score (nSPS) is 23.5. The molecule has 1 N–H and O–H groups in total. The Kier molecular flexibility index (Phi) is 5.55. The molecule has 2 aromatic carbocycles. The first kappa shape index (κ1) is 21.8. The van der Waals surface area contributed by atoms with Crippen molar-refractivity contribution in [3.63, 3.8) is 0 Å². The van der Waals surface area contributed by atoms with Crippen LogP contribution in [0.15, 0.2) is 53.4 Å². The Labute approximate surface area is 181 Å². The zero-order valence-corrected chi connectivity index (χ0v) is 18.5. The van der Waals surface area contributed by atoms with E-state index >= 15 is 0 Å². The molecular weight excluding hydrogens is 443 g/mol. The first-order chi connectivity index (χ1) is 14.6. The Morgan fingerprint density at radius 2 is 1.55 bits per heavy atom. The van der Waals surface area contributed by atoms with Gasteiger partial charge >= 0.3 is 0 Å². The van der Waals surface area contributed by atoms with Gasteiger partial charge < -0.3 is 4.90 Å². The van der Waals surface area contributed by atoms with Crippen molar-refractivity contribution < 1.29 is 26.0 Å². The van der Waals surface area contributed by atoms with Gasteiger partial charge in [-0.25, -0.2) is 21.2 Å². The van der Waals surface area contributed by atoms with Gasteiger partial charge in [0.05, 0.1) is 5.25 Å². The summed E-state index contributed by atoms with van der Waals surface area (Å²) in [4.78, 5) is 14.4. The minimum absolute atomic E-state index is 0.106. The molecule has 0 radical (unpaired) electrons. The Morgan fingerprint density at radius 3 is 2.10 bits per heavy atom. The molecule has 2 saturated heterocycles. The molecule has 0 spiro atoms. The molecule has 7 nitrogen and oxygen atoms in total. The number of hydrogen-bond acceptors (Lipinski definition) is 5. The van der Waals surface area contributed by atoms with Gasteiger partial charge in [0.2, 0.25) is 0 Å². The minimum atomic E-state index is -4.10. The lowest BCUT2D eigenvalue weighted by Gasteiger charge is -2.38. The number of piperidine rings is 1. The van der Waals surface area contributed by atoms with Crippen LogP contribution in [0.1, 0.15) is 36.0 Å². The lowest BCUT2D eigenvalue weighted by Crippen LogP contribution is -2.49. The Morgan fingerprint density at radius 1 is 0.968 bits per heavy atom. The highest BCUT2D eigenvalue weighted by Gasteiger charge is 2.46. The van der Waals surface area contributed by atoms with Gasteiger partial charge in [0.1, 0.15) is 20.5 Å². The second-order valence-corrected chi connectivity index (χ2v) is 12.1. The summed E-state index contributed by atoms with van der Waals surface area (Å²) in [7, 11) is -7.25. The highest BCUT2D eigenvalue weighted by atomic mass is 32.2. The Bertz CT molecular complexity index is 1200. The summed E-state index contributed by atoms with van der Waals surface area (Å²) in [6.45, 7) is 0. The van der Waals surface area contributed by atoms with Crippen molar-refractivity contribution in [2.45, 2.75) is 47.9 Å². The van der Waals surface area contributed by atoms with Crippen LogP contribution in [0.3, 0.4) is 0 Å². The highest BCUT2D eigenvalue weighted by Crippen LogP contribution is 2.39. The molecule has 0 saturated carbocycles. The molecule has 2 aromatic rings. The van der Waals surface area contributed by atoms with Crippen LogP contribution in [0.25, 0.3) is 0 Å². The first-order valence-electron chi connectivity index (χ1n) is 9.95. The number of anilines is 1. The zero-order valence-electron chi connectivity index (χ0n) is 16.9. The molecular formula is C21H23FN2O5S2. The summed E-state index contributed by atoms with van der Waals surface area (Å²) >= 11 is 0. The number of hydrogen-bond donors (Lipinski definition) is 1. The number of rotatable bonds is 5. The predicted molar refractivity (Wildman–Crippen MR) is 114 cm³/mol. The number of carbonyl (C=O) groups is 1. The molecule has 2 bridgehead atoms. The molecule has 4 rings (SSSR count). The summed E-state index contributed by atoms with van der Waals surface area (Å²) in [6.07, 6.45) is 3.70. The molecule has 2 heterocycles. The fourth-order valence-electron chi connectivity index (χ4n) is 4.51. The van der Waals surface area contributed by atoms with E-state index in [1.807, 2.05) is 0 Å². The lowest BCUT2D eigenvalue weighted by atomic mass is 10.0. The third-order valence-corrected chi connectivity index (χ3v) is 9.05. The number of sulfone groups is 1. The number of sulfonamides is 1. The van der Waals surface area contributed by atoms with Gasteiger partial charge in [-0.1, -0.05) is 12.1 Å². The van der Waals surface area contributed by atoms with Crippen molar-refractivity contribution in [1.82, 2.24) is 4.90 Å². The van der Waals surface area contributed by atoms with Crippen LogP contribution >= 0.6 is 0 Å². The number of benzene rings is 2. The average molecular weight is 467 g/mol. The van der Waals surface area contributed by atoms with Crippen molar-refractivity contribution in [2.24, 2.45) is 0 Å². The summed E-state index contributed by atoms with van der Waals surface area (Å²) in [6, 6.07) is 10.8. The van der Waals surface area contributed by atoms with Crippen LogP contribution in [0, 0.1) is 5.82 Å². The second kappa shape index (κ2) is 7.90. The van der Waals surface area contributed by atoms with E-state index in [-0.39, 0.29) is 23.7 Å². The average Bonchev–Trinajstić information content (AvgIpc) is 2.96. The minimum Gasteiger partial charge on any atom is -0.333 e. The molecule has 0 aromatic heterocycles. The monoisotopic (exact) mass is 466 g/mol. The van der Waals surface area contributed by atoms with E-state index in [1.54, 1.807) is 4.90 Å². The van der Waals surface area contributed by atoms with Crippen molar-refractivity contribution >= 4 is 31.5 Å². The van der Waals surface area contributed by atoms with E-state index in [2.05, 4.69) is 4.72 Å². The standard InChI is InChI=1S/C21H23FN2O5S2/c1-30(26,27)18-12-16-10-11-17(13-18)24(16)21(25)14-6-8-15(9-7-14)23-31(28,29)20-5-3-2-4-19(20)22/h2-9,16-18,23H,10-13H2,1H3. The van der Waals surface area contributed by atoms with Crippen LogP contribution < -0.4 is 4.72 Å². The van der Waals surface area contributed by atoms with Crippen LogP contribution in [-0.2, 0) is 19.9 Å². The fourth-order valence-corrected chi connectivity index (χ4v) is 6.79. The number of carbonyl (C=O) groups excluding carboxylic acids is 1. The third kappa shape index (κ3) is 4.31. The number of fused-ring (bicyclic) bond motifs is 2. The van der Waals surface area contributed by atoms with Crippen LogP contribution in [0.5, 0.6) is 0 Å². The zero-order chi connectivity index (χ0) is 22.4. The van der Waals surface area contributed by atoms with Gasteiger partial charge in [-0.05, 0) is 62.1 Å². The van der Waals surface area contributed by atoms with E-state index in [4.69, 9.17) is 0 Å². The molecule has 2 aliphatic rings. The van der Waals surface area contributed by atoms with Gasteiger partial charge in [0.15, 0.2) is 0 Å². The van der Waals surface area contributed by atoms with E-state index in [0.717, 1.165) is 18.9 Å². The van der Waals surface area contributed by atoms with Gasteiger partial charge in [-0.15, -0.1) is 0 Å². The van der Waals surface area contributed by atoms with E-state index in [0.29, 0.717) is 18.4 Å². The summed E-state index contributed by atoms with van der Waals surface area (Å²) in [5, 5.41) is -0.413. The van der Waals surface area contributed by atoms with Crippen LogP contribution in [0.4, 0.5) is 10.1 Å².